The second-order valence-corrected chi connectivity index (χ2v) is 3.84. The van der Waals surface area contributed by atoms with Crippen molar-refractivity contribution < 1.29 is 9.90 Å². The Bertz CT molecular complexity index is 217. The van der Waals surface area contributed by atoms with Crippen LogP contribution in [-0.2, 0) is 4.79 Å². The summed E-state index contributed by atoms with van der Waals surface area (Å²) in [6, 6.07) is 0. The molecule has 0 spiro atoms. The zero-order chi connectivity index (χ0) is 11.2. The molecule has 0 aliphatic heterocycles. The lowest BCUT2D eigenvalue weighted by molar-refractivity contribution is -0.132. The molecule has 14 heavy (non-hydrogen) atoms. The lowest BCUT2D eigenvalue weighted by Gasteiger charge is -2.27. The molecule has 0 unspecified atom stereocenters. The first-order chi connectivity index (χ1) is 6.45. The van der Waals surface area contributed by atoms with Crippen LogP contribution in [0.5, 0.6) is 0 Å². The highest BCUT2D eigenvalue weighted by Gasteiger charge is 2.17. The van der Waals surface area contributed by atoms with E-state index in [2.05, 4.69) is 26.1 Å². The minimum absolute atomic E-state index is 0.120. The molecule has 0 aromatic rings. The number of hydrogen-bond donors (Lipinski definition) is 2. The van der Waals surface area contributed by atoms with Crippen LogP contribution in [0.2, 0.25) is 0 Å². The topological polar surface area (TPSA) is 49.3 Å². The van der Waals surface area contributed by atoms with E-state index < -0.39 is 5.97 Å². The maximum atomic E-state index is 10.5. The highest BCUT2D eigenvalue weighted by Crippen LogP contribution is 2.12. The van der Waals surface area contributed by atoms with Gasteiger partial charge in [0.25, 0.3) is 0 Å². The molecule has 0 amide bonds. The number of rotatable bonds is 6. The van der Waals surface area contributed by atoms with Gasteiger partial charge in [0.15, 0.2) is 0 Å². The van der Waals surface area contributed by atoms with E-state index in [0.717, 1.165) is 12.8 Å². The van der Waals surface area contributed by atoms with Crippen molar-refractivity contribution in [2.75, 3.05) is 6.54 Å². The van der Waals surface area contributed by atoms with Crippen molar-refractivity contribution in [3.05, 3.63) is 11.6 Å². The van der Waals surface area contributed by atoms with Gasteiger partial charge in [-0.3, -0.25) is 0 Å². The number of carboxylic acids is 1. The molecular weight excluding hydrogens is 178 g/mol. The number of aliphatic carboxylic acids is 1. The standard InChI is InChI=1S/C11H21NO2/c1-5-11(4,6-2)12-8-7-9(3)10(13)14/h7,12H,5-6,8H2,1-4H3,(H,13,14)/b9-7-. The molecule has 3 nitrogen and oxygen atoms in total. The van der Waals surface area contributed by atoms with Gasteiger partial charge >= 0.3 is 5.97 Å². The fourth-order valence-corrected chi connectivity index (χ4v) is 1.04. The van der Waals surface area contributed by atoms with Gasteiger partial charge in [-0.05, 0) is 26.7 Å². The number of carboxylic acid groups (broad SMARTS) is 1. The Morgan fingerprint density at radius 3 is 2.29 bits per heavy atom. The van der Waals surface area contributed by atoms with Crippen LogP contribution in [0.15, 0.2) is 11.6 Å². The molecule has 0 aromatic carbocycles. The minimum atomic E-state index is -0.846. The Labute approximate surface area is 86.2 Å². The lowest BCUT2D eigenvalue weighted by atomic mass is 9.95. The molecule has 0 bridgehead atoms. The van der Waals surface area contributed by atoms with Gasteiger partial charge in [0.1, 0.15) is 0 Å². The summed E-state index contributed by atoms with van der Waals surface area (Å²) in [6.45, 7) is 8.64. The molecule has 0 saturated carbocycles. The maximum absolute atomic E-state index is 10.5. The smallest absolute Gasteiger partial charge is 0.330 e. The van der Waals surface area contributed by atoms with Crippen LogP contribution in [0.4, 0.5) is 0 Å². The van der Waals surface area contributed by atoms with Crippen molar-refractivity contribution in [3.63, 3.8) is 0 Å². The van der Waals surface area contributed by atoms with E-state index in [1.165, 1.54) is 0 Å². The molecule has 0 saturated heterocycles. The zero-order valence-corrected chi connectivity index (χ0v) is 9.55. The molecule has 0 fully saturated rings. The van der Waals surface area contributed by atoms with Crippen LogP contribution in [0.1, 0.15) is 40.5 Å². The van der Waals surface area contributed by atoms with E-state index in [1.54, 1.807) is 13.0 Å². The highest BCUT2D eigenvalue weighted by molar-refractivity contribution is 5.85. The minimum Gasteiger partial charge on any atom is -0.478 e. The van der Waals surface area contributed by atoms with Gasteiger partial charge < -0.3 is 10.4 Å². The van der Waals surface area contributed by atoms with Gasteiger partial charge in [-0.25, -0.2) is 4.79 Å². The van der Waals surface area contributed by atoms with E-state index in [1.807, 2.05) is 0 Å². The molecular formula is C11H21NO2. The van der Waals surface area contributed by atoms with Crippen LogP contribution in [0.3, 0.4) is 0 Å². The van der Waals surface area contributed by atoms with Crippen molar-refractivity contribution in [3.8, 4) is 0 Å². The largest absolute Gasteiger partial charge is 0.478 e. The average molecular weight is 199 g/mol. The monoisotopic (exact) mass is 199 g/mol. The summed E-state index contributed by atoms with van der Waals surface area (Å²) in [6.07, 6.45) is 3.80. The third-order valence-corrected chi connectivity index (χ3v) is 2.84. The third kappa shape index (κ3) is 4.42. The predicted molar refractivity (Wildman–Crippen MR) is 58.4 cm³/mol. The summed E-state index contributed by atoms with van der Waals surface area (Å²) in [5, 5.41) is 12.0. The van der Waals surface area contributed by atoms with Crippen LogP contribution >= 0.6 is 0 Å². The fraction of sp³-hybridized carbons (Fsp3) is 0.727. The first kappa shape index (κ1) is 13.2. The van der Waals surface area contributed by atoms with Crippen molar-refractivity contribution in [1.29, 1.82) is 0 Å². The summed E-state index contributed by atoms with van der Waals surface area (Å²) < 4.78 is 0. The van der Waals surface area contributed by atoms with Crippen LogP contribution in [0.25, 0.3) is 0 Å². The van der Waals surface area contributed by atoms with Gasteiger partial charge in [0.2, 0.25) is 0 Å². The Kier molecular flexibility index (Phi) is 5.46. The molecule has 0 aliphatic rings. The SMILES string of the molecule is CCC(C)(CC)NC/C=C(/C)C(=O)O. The molecule has 0 heterocycles. The van der Waals surface area contributed by atoms with Gasteiger partial charge in [-0.15, -0.1) is 0 Å². The summed E-state index contributed by atoms with van der Waals surface area (Å²) in [5.74, 6) is -0.846. The summed E-state index contributed by atoms with van der Waals surface area (Å²) in [7, 11) is 0. The molecule has 0 aliphatic carbocycles. The highest BCUT2D eigenvalue weighted by atomic mass is 16.4. The predicted octanol–water partition coefficient (Wildman–Crippen LogP) is 2.19. The van der Waals surface area contributed by atoms with Crippen LogP contribution in [0, 0.1) is 0 Å². The van der Waals surface area contributed by atoms with E-state index >= 15 is 0 Å². The van der Waals surface area contributed by atoms with Crippen molar-refractivity contribution >= 4 is 5.97 Å². The second-order valence-electron chi connectivity index (χ2n) is 3.84. The summed E-state index contributed by atoms with van der Waals surface area (Å²) in [4.78, 5) is 10.5. The average Bonchev–Trinajstić information content (AvgIpc) is 2.17. The molecule has 3 heteroatoms. The first-order valence-corrected chi connectivity index (χ1v) is 5.10. The Balaban J connectivity index is 4.06. The normalized spacial score (nSPS) is 13.0. The van der Waals surface area contributed by atoms with Gasteiger partial charge in [0, 0.05) is 17.7 Å². The molecule has 0 radical (unpaired) electrons. The maximum Gasteiger partial charge on any atom is 0.330 e. The van der Waals surface area contributed by atoms with E-state index in [9.17, 15) is 4.79 Å². The van der Waals surface area contributed by atoms with Crippen LogP contribution < -0.4 is 5.32 Å². The Morgan fingerprint density at radius 1 is 1.43 bits per heavy atom. The molecule has 0 rings (SSSR count). The summed E-state index contributed by atoms with van der Waals surface area (Å²) >= 11 is 0. The molecule has 0 atom stereocenters. The Morgan fingerprint density at radius 2 is 1.93 bits per heavy atom. The molecule has 2 N–H and O–H groups in total. The zero-order valence-electron chi connectivity index (χ0n) is 9.55. The van der Waals surface area contributed by atoms with Gasteiger partial charge in [-0.1, -0.05) is 19.9 Å². The van der Waals surface area contributed by atoms with E-state index in [4.69, 9.17) is 5.11 Å². The van der Waals surface area contributed by atoms with Crippen molar-refractivity contribution in [1.82, 2.24) is 5.32 Å². The van der Waals surface area contributed by atoms with E-state index in [0.29, 0.717) is 12.1 Å². The second kappa shape index (κ2) is 5.81. The lowest BCUT2D eigenvalue weighted by Crippen LogP contribution is -2.41. The summed E-state index contributed by atoms with van der Waals surface area (Å²) in [5.41, 5.74) is 0.516. The number of hydrogen-bond acceptors (Lipinski definition) is 2. The van der Waals surface area contributed by atoms with E-state index in [-0.39, 0.29) is 5.54 Å². The number of carbonyl (C=O) groups is 1. The molecule has 0 aromatic heterocycles. The quantitative estimate of drug-likeness (QED) is 0.645. The fourth-order valence-electron chi connectivity index (χ4n) is 1.04. The number of nitrogens with one attached hydrogen (secondary N) is 1. The van der Waals surface area contributed by atoms with Gasteiger partial charge in [0.05, 0.1) is 0 Å². The first-order valence-electron chi connectivity index (χ1n) is 5.10. The van der Waals surface area contributed by atoms with Gasteiger partial charge in [-0.2, -0.15) is 0 Å². The van der Waals surface area contributed by atoms with Crippen molar-refractivity contribution in [2.24, 2.45) is 0 Å². The van der Waals surface area contributed by atoms with Crippen LogP contribution in [-0.4, -0.2) is 23.2 Å². The molecule has 82 valence electrons. The third-order valence-electron chi connectivity index (χ3n) is 2.84. The van der Waals surface area contributed by atoms with Crippen molar-refractivity contribution in [2.45, 2.75) is 46.1 Å². The Hall–Kier alpha value is -0.830.